The fourth-order valence-electron chi connectivity index (χ4n) is 3.83. The Hall–Kier alpha value is -2.92. The molecule has 0 saturated carbocycles. The molecule has 5 nitrogen and oxygen atoms in total. The Morgan fingerprint density at radius 1 is 0.923 bits per heavy atom. The number of fused-ring (bicyclic) bond motifs is 2. The number of aryl methyl sites for hydroxylation is 1. The summed E-state index contributed by atoms with van der Waals surface area (Å²) in [6.45, 7) is 0.364. The molecule has 3 aromatic rings. The molecule has 1 aliphatic rings. The van der Waals surface area contributed by atoms with E-state index in [4.69, 9.17) is 0 Å². The third kappa shape index (κ3) is 2.44. The maximum Gasteiger partial charge on any atom is 0.261 e. The lowest BCUT2D eigenvalue weighted by Crippen LogP contribution is -3.07. The Balaban J connectivity index is 1.73. The summed E-state index contributed by atoms with van der Waals surface area (Å²) >= 11 is 0. The second kappa shape index (κ2) is 6.11. The van der Waals surface area contributed by atoms with Crippen LogP contribution in [-0.4, -0.2) is 41.9 Å². The van der Waals surface area contributed by atoms with Gasteiger partial charge in [0, 0.05) is 29.7 Å². The van der Waals surface area contributed by atoms with Crippen LogP contribution >= 0.6 is 0 Å². The van der Waals surface area contributed by atoms with Crippen LogP contribution in [0.2, 0.25) is 0 Å². The zero-order valence-electron chi connectivity index (χ0n) is 15.2. The van der Waals surface area contributed by atoms with Crippen molar-refractivity contribution in [3.63, 3.8) is 0 Å². The van der Waals surface area contributed by atoms with Crippen molar-refractivity contribution in [1.82, 2.24) is 9.47 Å². The van der Waals surface area contributed by atoms with Crippen molar-refractivity contribution >= 4 is 22.7 Å². The number of benzene rings is 2. The van der Waals surface area contributed by atoms with Crippen LogP contribution in [0.4, 0.5) is 0 Å². The van der Waals surface area contributed by atoms with Crippen LogP contribution in [0.25, 0.3) is 10.9 Å². The smallest absolute Gasteiger partial charge is 0.261 e. The third-order valence-electron chi connectivity index (χ3n) is 5.24. The number of aromatic nitrogens is 1. The molecule has 1 aromatic heterocycles. The van der Waals surface area contributed by atoms with Gasteiger partial charge in [-0.1, -0.05) is 30.3 Å². The van der Waals surface area contributed by atoms with Crippen molar-refractivity contribution in [1.29, 1.82) is 0 Å². The molecule has 2 aromatic carbocycles. The zero-order valence-corrected chi connectivity index (χ0v) is 15.2. The summed E-state index contributed by atoms with van der Waals surface area (Å²) in [7, 11) is 6.14. The van der Waals surface area contributed by atoms with Crippen LogP contribution < -0.4 is 4.90 Å². The number of likely N-dealkylation sites (N-methyl/N-ethyl adjacent to an activating group) is 1. The maximum atomic E-state index is 12.8. The van der Waals surface area contributed by atoms with E-state index in [0.29, 0.717) is 17.7 Å². The van der Waals surface area contributed by atoms with E-state index < -0.39 is 0 Å². The van der Waals surface area contributed by atoms with Crippen molar-refractivity contribution in [2.75, 3.05) is 20.6 Å². The van der Waals surface area contributed by atoms with Gasteiger partial charge in [-0.15, -0.1) is 0 Å². The van der Waals surface area contributed by atoms with Gasteiger partial charge in [-0.05, 0) is 18.2 Å². The molecule has 132 valence electrons. The lowest BCUT2D eigenvalue weighted by Gasteiger charge is -2.25. The predicted octanol–water partition coefficient (Wildman–Crippen LogP) is 1.66. The van der Waals surface area contributed by atoms with Crippen molar-refractivity contribution in [3.8, 4) is 0 Å². The molecular weight excluding hydrogens is 326 g/mol. The fourth-order valence-corrected chi connectivity index (χ4v) is 3.83. The summed E-state index contributed by atoms with van der Waals surface area (Å²) in [4.78, 5) is 28.1. The number of nitrogens with zero attached hydrogens (tertiary/aromatic N) is 2. The SMILES string of the molecule is Cn1cc([C@@H](CN2C(=O)c3ccccc3C2=O)[NH+](C)C)c2ccccc21. The summed E-state index contributed by atoms with van der Waals surface area (Å²) in [5.74, 6) is -0.394. The largest absolute Gasteiger partial charge is 0.350 e. The molecule has 0 spiro atoms. The number of carbonyl (C=O) groups excluding carboxylic acids is 2. The Morgan fingerprint density at radius 3 is 2.12 bits per heavy atom. The van der Waals surface area contributed by atoms with Crippen molar-refractivity contribution < 1.29 is 14.5 Å². The number of rotatable bonds is 4. The van der Waals surface area contributed by atoms with E-state index in [1.807, 2.05) is 19.2 Å². The summed E-state index contributed by atoms with van der Waals surface area (Å²) in [5.41, 5.74) is 3.31. The van der Waals surface area contributed by atoms with E-state index in [9.17, 15) is 9.59 Å². The lowest BCUT2D eigenvalue weighted by atomic mass is 10.0. The number of quaternary nitrogens is 1. The molecule has 0 bridgehead atoms. The standard InChI is InChI=1S/C21H21N3O2/c1-22(2)19(17-12-23(3)18-11-7-6-8-14(17)18)13-24-20(25)15-9-4-5-10-16(15)21(24)26/h4-12,19H,13H2,1-3H3/p+1/t19-/m1/s1. The average molecular weight is 348 g/mol. The van der Waals surface area contributed by atoms with E-state index in [-0.39, 0.29) is 17.9 Å². The summed E-state index contributed by atoms with van der Waals surface area (Å²) < 4.78 is 2.10. The van der Waals surface area contributed by atoms with Gasteiger partial charge in [0.1, 0.15) is 6.04 Å². The Bertz CT molecular complexity index is 984. The first-order valence-electron chi connectivity index (χ1n) is 8.78. The average Bonchev–Trinajstić information content (AvgIpc) is 3.09. The number of para-hydroxylation sites is 1. The maximum absolute atomic E-state index is 12.8. The van der Waals surface area contributed by atoms with Gasteiger partial charge in [0.15, 0.2) is 0 Å². The van der Waals surface area contributed by atoms with Crippen LogP contribution in [0.3, 0.4) is 0 Å². The van der Waals surface area contributed by atoms with Crippen molar-refractivity contribution in [3.05, 3.63) is 71.4 Å². The van der Waals surface area contributed by atoms with E-state index >= 15 is 0 Å². The molecular formula is C21H22N3O2+. The first-order valence-corrected chi connectivity index (χ1v) is 8.78. The number of carbonyl (C=O) groups is 2. The first-order chi connectivity index (χ1) is 12.5. The van der Waals surface area contributed by atoms with Gasteiger partial charge < -0.3 is 9.47 Å². The van der Waals surface area contributed by atoms with Gasteiger partial charge in [-0.3, -0.25) is 14.5 Å². The molecule has 4 rings (SSSR count). The second-order valence-corrected chi connectivity index (χ2v) is 7.11. The minimum atomic E-state index is -0.197. The summed E-state index contributed by atoms with van der Waals surface area (Å²) in [6, 6.07) is 15.3. The molecule has 0 aliphatic carbocycles. The highest BCUT2D eigenvalue weighted by molar-refractivity contribution is 6.21. The summed E-state index contributed by atoms with van der Waals surface area (Å²) in [6.07, 6.45) is 2.11. The van der Waals surface area contributed by atoms with Crippen LogP contribution in [0.15, 0.2) is 54.7 Å². The second-order valence-electron chi connectivity index (χ2n) is 7.11. The molecule has 26 heavy (non-hydrogen) atoms. The molecule has 2 amide bonds. The number of hydrogen-bond acceptors (Lipinski definition) is 2. The van der Waals surface area contributed by atoms with Gasteiger partial charge in [0.2, 0.25) is 0 Å². The van der Waals surface area contributed by atoms with Gasteiger partial charge in [0.05, 0.1) is 31.8 Å². The van der Waals surface area contributed by atoms with Gasteiger partial charge in [0.25, 0.3) is 11.8 Å². The predicted molar refractivity (Wildman–Crippen MR) is 100 cm³/mol. The number of amides is 2. The van der Waals surface area contributed by atoms with Crippen molar-refractivity contribution in [2.24, 2.45) is 7.05 Å². The summed E-state index contributed by atoms with van der Waals surface area (Å²) in [5, 5.41) is 1.16. The first kappa shape index (κ1) is 16.5. The number of hydrogen-bond donors (Lipinski definition) is 1. The van der Waals surface area contributed by atoms with E-state index in [1.165, 1.54) is 9.80 Å². The Morgan fingerprint density at radius 2 is 1.50 bits per heavy atom. The molecule has 2 heterocycles. The highest BCUT2D eigenvalue weighted by Gasteiger charge is 2.38. The van der Waals surface area contributed by atoms with E-state index in [0.717, 1.165) is 16.5 Å². The monoisotopic (exact) mass is 348 g/mol. The molecule has 5 heteroatoms. The Kier molecular flexibility index (Phi) is 3.89. The van der Waals surface area contributed by atoms with Crippen LogP contribution in [0.5, 0.6) is 0 Å². The third-order valence-corrected chi connectivity index (χ3v) is 5.24. The van der Waals surface area contributed by atoms with Crippen LogP contribution in [-0.2, 0) is 7.05 Å². The number of nitrogens with one attached hydrogen (secondary N) is 1. The molecule has 0 unspecified atom stereocenters. The molecule has 1 N–H and O–H groups in total. The lowest BCUT2D eigenvalue weighted by molar-refractivity contribution is -0.891. The number of imide groups is 1. The van der Waals surface area contributed by atoms with Gasteiger partial charge in [-0.2, -0.15) is 0 Å². The van der Waals surface area contributed by atoms with Gasteiger partial charge in [-0.25, -0.2) is 0 Å². The van der Waals surface area contributed by atoms with E-state index in [1.54, 1.807) is 24.3 Å². The fraction of sp³-hybridized carbons (Fsp3) is 0.238. The molecule has 1 aliphatic heterocycles. The minimum absolute atomic E-state index is 0.00307. The zero-order chi connectivity index (χ0) is 18.4. The normalized spacial score (nSPS) is 15.2. The molecule has 0 fully saturated rings. The molecule has 0 radical (unpaired) electrons. The van der Waals surface area contributed by atoms with Crippen LogP contribution in [0.1, 0.15) is 32.3 Å². The minimum Gasteiger partial charge on any atom is -0.350 e. The topological polar surface area (TPSA) is 46.8 Å². The van der Waals surface area contributed by atoms with Crippen molar-refractivity contribution in [2.45, 2.75) is 6.04 Å². The highest BCUT2D eigenvalue weighted by Crippen LogP contribution is 2.28. The molecule has 1 atom stereocenters. The van der Waals surface area contributed by atoms with Crippen LogP contribution in [0, 0.1) is 0 Å². The van der Waals surface area contributed by atoms with Gasteiger partial charge >= 0.3 is 0 Å². The quantitative estimate of drug-likeness (QED) is 0.729. The Labute approximate surface area is 152 Å². The molecule has 0 saturated heterocycles. The van der Waals surface area contributed by atoms with E-state index in [2.05, 4.69) is 37.0 Å². The highest BCUT2D eigenvalue weighted by atomic mass is 16.2.